The molecule has 0 spiro atoms. The summed E-state index contributed by atoms with van der Waals surface area (Å²) >= 11 is 1.58. The van der Waals surface area contributed by atoms with Gasteiger partial charge in [0.1, 0.15) is 5.75 Å². The number of hydrogen-bond acceptors (Lipinski definition) is 4. The van der Waals surface area contributed by atoms with Gasteiger partial charge in [0.2, 0.25) is 0 Å². The number of methoxy groups -OCH3 is 1. The molecule has 0 saturated heterocycles. The first kappa shape index (κ1) is 14.0. The third kappa shape index (κ3) is 2.93. The van der Waals surface area contributed by atoms with Gasteiger partial charge >= 0.3 is 0 Å². The molecular weight excluding hydrogens is 260 g/mol. The van der Waals surface area contributed by atoms with Gasteiger partial charge in [0.05, 0.1) is 23.9 Å². The highest BCUT2D eigenvalue weighted by Crippen LogP contribution is 2.38. The molecular formula is C14H18N2O2S. The van der Waals surface area contributed by atoms with Crippen molar-refractivity contribution >= 4 is 11.8 Å². The van der Waals surface area contributed by atoms with Crippen molar-refractivity contribution in [3.8, 4) is 5.75 Å². The molecule has 0 aliphatic carbocycles. The highest BCUT2D eigenvalue weighted by molar-refractivity contribution is 7.99. The fourth-order valence-electron chi connectivity index (χ4n) is 2.00. The van der Waals surface area contributed by atoms with Crippen LogP contribution in [0.5, 0.6) is 5.75 Å². The normalized spacial score (nSPS) is 12.5. The molecule has 5 heteroatoms. The Hall–Kier alpha value is -1.46. The molecule has 1 aromatic carbocycles. The second kappa shape index (κ2) is 5.67. The first-order valence-electron chi connectivity index (χ1n) is 6.06. The van der Waals surface area contributed by atoms with Gasteiger partial charge < -0.3 is 9.84 Å². The third-order valence-electron chi connectivity index (χ3n) is 2.84. The quantitative estimate of drug-likeness (QED) is 0.934. The Morgan fingerprint density at radius 3 is 2.68 bits per heavy atom. The number of hydrogen-bond donors (Lipinski definition) is 1. The van der Waals surface area contributed by atoms with E-state index in [0.29, 0.717) is 5.75 Å². The first-order valence-corrected chi connectivity index (χ1v) is 6.88. The lowest BCUT2D eigenvalue weighted by Crippen LogP contribution is -1.99. The number of aromatic nitrogens is 2. The minimum absolute atomic E-state index is 0.576. The molecule has 1 aromatic heterocycles. The first-order chi connectivity index (χ1) is 9.02. The predicted octanol–water partition coefficient (Wildman–Crippen LogP) is 2.94. The van der Waals surface area contributed by atoms with Crippen LogP contribution in [0.1, 0.15) is 24.3 Å². The molecule has 0 bridgehead atoms. The van der Waals surface area contributed by atoms with Crippen LogP contribution >= 0.6 is 11.8 Å². The fraction of sp³-hybridized carbons (Fsp3) is 0.357. The zero-order chi connectivity index (χ0) is 14.0. The molecule has 0 radical (unpaired) electrons. The molecule has 0 saturated carbocycles. The summed E-state index contributed by atoms with van der Waals surface area (Å²) in [4.78, 5) is 0.984. The minimum atomic E-state index is -0.576. The lowest BCUT2D eigenvalue weighted by Gasteiger charge is -2.15. The van der Waals surface area contributed by atoms with Crippen LogP contribution in [0.4, 0.5) is 0 Å². The van der Waals surface area contributed by atoms with Gasteiger partial charge in [-0.3, -0.25) is 4.68 Å². The monoisotopic (exact) mass is 278 g/mol. The van der Waals surface area contributed by atoms with Crippen LogP contribution in [0.15, 0.2) is 34.2 Å². The standard InChI is InChI=1S/C14H18N2O2S/c1-9-8-13(16(3)15-9)19-12-7-5-6-11(18-4)14(12)10(2)17/h5-8,10,17H,1-4H3/t10-/m1/s1. The van der Waals surface area contributed by atoms with Crippen LogP contribution in [0.2, 0.25) is 0 Å². The Morgan fingerprint density at radius 1 is 1.42 bits per heavy atom. The maximum absolute atomic E-state index is 9.95. The summed E-state index contributed by atoms with van der Waals surface area (Å²) in [6.45, 7) is 3.71. The van der Waals surface area contributed by atoms with Gasteiger partial charge in [-0.05, 0) is 32.0 Å². The van der Waals surface area contributed by atoms with Crippen LogP contribution in [-0.2, 0) is 7.05 Å². The van der Waals surface area contributed by atoms with Crippen molar-refractivity contribution in [2.45, 2.75) is 29.9 Å². The molecule has 2 rings (SSSR count). The van der Waals surface area contributed by atoms with Gasteiger partial charge in [-0.15, -0.1) is 0 Å². The lowest BCUT2D eigenvalue weighted by molar-refractivity contribution is 0.191. The van der Waals surface area contributed by atoms with Gasteiger partial charge in [0.15, 0.2) is 0 Å². The molecule has 2 aromatic rings. The molecule has 19 heavy (non-hydrogen) atoms. The summed E-state index contributed by atoms with van der Waals surface area (Å²) < 4.78 is 7.16. The van der Waals surface area contributed by atoms with Crippen LogP contribution in [0, 0.1) is 6.92 Å². The lowest BCUT2D eigenvalue weighted by atomic mass is 10.1. The number of benzene rings is 1. The summed E-state index contributed by atoms with van der Waals surface area (Å²) in [6, 6.07) is 7.80. The zero-order valence-corrected chi connectivity index (χ0v) is 12.4. The molecule has 0 fully saturated rings. The van der Waals surface area contributed by atoms with Gasteiger partial charge in [0, 0.05) is 17.5 Å². The van der Waals surface area contributed by atoms with Crippen molar-refractivity contribution in [2.75, 3.05) is 7.11 Å². The van der Waals surface area contributed by atoms with E-state index in [-0.39, 0.29) is 0 Å². The third-order valence-corrected chi connectivity index (χ3v) is 4.00. The number of ether oxygens (including phenoxy) is 1. The van der Waals surface area contributed by atoms with Gasteiger partial charge in [-0.25, -0.2) is 0 Å². The highest BCUT2D eigenvalue weighted by Gasteiger charge is 2.16. The van der Waals surface area contributed by atoms with Crippen molar-refractivity contribution < 1.29 is 9.84 Å². The zero-order valence-electron chi connectivity index (χ0n) is 11.5. The molecule has 1 N–H and O–H groups in total. The molecule has 1 atom stereocenters. The summed E-state index contributed by atoms with van der Waals surface area (Å²) in [6.07, 6.45) is -0.576. The van der Waals surface area contributed by atoms with E-state index in [4.69, 9.17) is 4.74 Å². The maximum atomic E-state index is 9.95. The minimum Gasteiger partial charge on any atom is -0.496 e. The Balaban J connectivity index is 2.42. The average Bonchev–Trinajstić information content (AvgIpc) is 2.67. The molecule has 0 unspecified atom stereocenters. The van der Waals surface area contributed by atoms with E-state index in [9.17, 15) is 5.11 Å². The van der Waals surface area contributed by atoms with Gasteiger partial charge in [-0.1, -0.05) is 17.8 Å². The number of aryl methyl sites for hydroxylation is 2. The summed E-state index contributed by atoms with van der Waals surface area (Å²) in [5.41, 5.74) is 1.79. The Bertz CT molecular complexity index is 579. The van der Waals surface area contributed by atoms with Crippen molar-refractivity contribution in [3.05, 3.63) is 35.5 Å². The van der Waals surface area contributed by atoms with Crippen LogP contribution in [0.25, 0.3) is 0 Å². The van der Waals surface area contributed by atoms with Crippen molar-refractivity contribution in [3.63, 3.8) is 0 Å². The largest absolute Gasteiger partial charge is 0.496 e. The topological polar surface area (TPSA) is 47.3 Å². The number of nitrogens with zero attached hydrogens (tertiary/aromatic N) is 2. The molecule has 102 valence electrons. The smallest absolute Gasteiger partial charge is 0.125 e. The maximum Gasteiger partial charge on any atom is 0.125 e. The number of rotatable bonds is 4. The molecule has 0 amide bonds. The SMILES string of the molecule is COc1cccc(Sc2cc(C)nn2C)c1[C@@H](C)O. The summed E-state index contributed by atoms with van der Waals surface area (Å²) in [5, 5.41) is 15.3. The van der Waals surface area contributed by atoms with E-state index in [2.05, 4.69) is 5.10 Å². The molecule has 1 heterocycles. The second-order valence-electron chi connectivity index (χ2n) is 4.40. The van der Waals surface area contributed by atoms with Crippen LogP contribution in [0.3, 0.4) is 0 Å². The molecule has 4 nitrogen and oxygen atoms in total. The van der Waals surface area contributed by atoms with Crippen molar-refractivity contribution in [1.82, 2.24) is 9.78 Å². The summed E-state index contributed by atoms with van der Waals surface area (Å²) in [5.74, 6) is 0.707. The van der Waals surface area contributed by atoms with E-state index >= 15 is 0 Å². The van der Waals surface area contributed by atoms with Crippen LogP contribution < -0.4 is 4.74 Å². The van der Waals surface area contributed by atoms with Gasteiger partial charge in [-0.2, -0.15) is 5.10 Å². The highest BCUT2D eigenvalue weighted by atomic mass is 32.2. The van der Waals surface area contributed by atoms with E-state index in [1.165, 1.54) is 0 Å². The van der Waals surface area contributed by atoms with Crippen molar-refractivity contribution in [1.29, 1.82) is 0 Å². The average molecular weight is 278 g/mol. The number of aliphatic hydroxyl groups excluding tert-OH is 1. The molecule has 0 aliphatic heterocycles. The fourth-order valence-corrected chi connectivity index (χ4v) is 3.15. The van der Waals surface area contributed by atoms with Gasteiger partial charge in [0.25, 0.3) is 0 Å². The Morgan fingerprint density at radius 2 is 2.16 bits per heavy atom. The predicted molar refractivity (Wildman–Crippen MR) is 75.7 cm³/mol. The van der Waals surface area contributed by atoms with E-state index in [0.717, 1.165) is 21.2 Å². The Labute approximate surface area is 117 Å². The van der Waals surface area contributed by atoms with Crippen molar-refractivity contribution in [2.24, 2.45) is 7.05 Å². The second-order valence-corrected chi connectivity index (χ2v) is 5.46. The Kier molecular flexibility index (Phi) is 4.17. The van der Waals surface area contributed by atoms with E-state index in [1.807, 2.05) is 42.9 Å². The molecule has 0 aliphatic rings. The summed E-state index contributed by atoms with van der Waals surface area (Å²) in [7, 11) is 3.53. The van der Waals surface area contributed by atoms with E-state index in [1.54, 1.807) is 25.8 Å². The van der Waals surface area contributed by atoms with E-state index < -0.39 is 6.10 Å². The number of aliphatic hydroxyl groups is 1. The van der Waals surface area contributed by atoms with Crippen LogP contribution in [-0.4, -0.2) is 22.0 Å².